The van der Waals surface area contributed by atoms with Crippen molar-refractivity contribution in [2.75, 3.05) is 42.3 Å². The number of benzene rings is 1. The van der Waals surface area contributed by atoms with Crippen LogP contribution < -0.4 is 15.5 Å². The van der Waals surface area contributed by atoms with E-state index < -0.39 is 0 Å². The van der Waals surface area contributed by atoms with Gasteiger partial charge in [0.2, 0.25) is 5.95 Å². The molecule has 10 heteroatoms. The largest absolute Gasteiger partial charge is 0.378 e. The molecule has 0 spiro atoms. The Morgan fingerprint density at radius 3 is 2.67 bits per heavy atom. The second-order valence-electron chi connectivity index (χ2n) is 10.3. The van der Waals surface area contributed by atoms with E-state index in [4.69, 9.17) is 20.0 Å². The number of aryl methyl sites for hydroxylation is 1. The van der Waals surface area contributed by atoms with Crippen LogP contribution >= 0.6 is 0 Å². The normalized spacial score (nSPS) is 24.0. The van der Waals surface area contributed by atoms with Gasteiger partial charge in [-0.05, 0) is 50.8 Å². The first kappa shape index (κ1) is 23.0. The highest BCUT2D eigenvalue weighted by molar-refractivity contribution is 5.93. The first-order chi connectivity index (χ1) is 17.6. The van der Waals surface area contributed by atoms with E-state index in [2.05, 4.69) is 54.9 Å². The van der Waals surface area contributed by atoms with Crippen molar-refractivity contribution in [1.29, 1.82) is 5.26 Å². The zero-order valence-electron chi connectivity index (χ0n) is 20.9. The Labute approximate surface area is 211 Å². The topological polar surface area (TPSA) is 118 Å². The number of hydrogen-bond acceptors (Lipinski definition) is 9. The van der Waals surface area contributed by atoms with Crippen molar-refractivity contribution >= 4 is 34.2 Å². The number of fused-ring (bicyclic) bond motifs is 3. The molecular weight excluding hydrogens is 454 g/mol. The summed E-state index contributed by atoms with van der Waals surface area (Å²) in [6.07, 6.45) is 5.41. The second-order valence-corrected chi connectivity index (χ2v) is 10.3. The average molecular weight is 488 g/mol. The third-order valence-electron chi connectivity index (χ3n) is 7.88. The molecule has 3 aliphatic heterocycles. The number of methoxy groups -OCH3 is 1. The van der Waals surface area contributed by atoms with Crippen LogP contribution in [0.3, 0.4) is 0 Å². The minimum absolute atomic E-state index is 0.290. The minimum atomic E-state index is 0.290. The van der Waals surface area contributed by atoms with Gasteiger partial charge in [-0.2, -0.15) is 15.3 Å². The average Bonchev–Trinajstić information content (AvgIpc) is 3.35. The Hall–Kier alpha value is -3.42. The van der Waals surface area contributed by atoms with Crippen LogP contribution in [-0.2, 0) is 4.74 Å². The van der Waals surface area contributed by atoms with E-state index in [-0.39, 0.29) is 6.10 Å². The highest BCUT2D eigenvalue weighted by Gasteiger charge is 2.40. The number of ether oxygens (including phenoxy) is 1. The predicted octanol–water partition coefficient (Wildman–Crippen LogP) is 3.56. The number of aromatic nitrogens is 4. The van der Waals surface area contributed by atoms with E-state index >= 15 is 0 Å². The van der Waals surface area contributed by atoms with Gasteiger partial charge in [0, 0.05) is 74.1 Å². The molecule has 1 aromatic carbocycles. The fourth-order valence-electron chi connectivity index (χ4n) is 5.99. The van der Waals surface area contributed by atoms with Crippen LogP contribution in [0.2, 0.25) is 0 Å². The molecule has 2 aromatic heterocycles. The molecule has 3 aliphatic rings. The number of nitriles is 1. The molecule has 188 valence electrons. The minimum Gasteiger partial charge on any atom is -0.378 e. The summed E-state index contributed by atoms with van der Waals surface area (Å²) in [4.78, 5) is 14.7. The van der Waals surface area contributed by atoms with Gasteiger partial charge in [-0.15, -0.1) is 0 Å². The number of hydrogen-bond donors (Lipinski definition) is 3. The van der Waals surface area contributed by atoms with Crippen LogP contribution in [0.5, 0.6) is 0 Å². The summed E-state index contributed by atoms with van der Waals surface area (Å²) >= 11 is 0. The van der Waals surface area contributed by atoms with E-state index in [1.165, 1.54) is 12.8 Å². The number of rotatable bonds is 8. The van der Waals surface area contributed by atoms with E-state index in [1.807, 2.05) is 13.0 Å². The highest BCUT2D eigenvalue weighted by atomic mass is 16.5. The van der Waals surface area contributed by atoms with Gasteiger partial charge < -0.3 is 20.3 Å². The van der Waals surface area contributed by atoms with Gasteiger partial charge in [0.15, 0.2) is 5.82 Å². The van der Waals surface area contributed by atoms with Gasteiger partial charge in [-0.25, -0.2) is 4.98 Å². The Balaban J connectivity index is 1.27. The monoisotopic (exact) mass is 487 g/mol. The van der Waals surface area contributed by atoms with Gasteiger partial charge in [0.25, 0.3) is 0 Å². The summed E-state index contributed by atoms with van der Waals surface area (Å²) < 4.78 is 5.45. The maximum Gasteiger partial charge on any atom is 0.225 e. The van der Waals surface area contributed by atoms with Gasteiger partial charge in [-0.3, -0.25) is 10.00 Å². The first-order valence-electron chi connectivity index (χ1n) is 12.9. The summed E-state index contributed by atoms with van der Waals surface area (Å²) in [7, 11) is 1.77. The molecule has 3 aromatic rings. The first-order valence-corrected chi connectivity index (χ1v) is 12.9. The van der Waals surface area contributed by atoms with E-state index in [9.17, 15) is 0 Å². The van der Waals surface area contributed by atoms with Crippen molar-refractivity contribution in [1.82, 2.24) is 25.1 Å². The maximum atomic E-state index is 9.03. The molecule has 3 atom stereocenters. The van der Waals surface area contributed by atoms with E-state index in [0.29, 0.717) is 30.5 Å². The summed E-state index contributed by atoms with van der Waals surface area (Å²) in [6, 6.07) is 12.0. The lowest BCUT2D eigenvalue weighted by molar-refractivity contribution is 0.0788. The fourth-order valence-corrected chi connectivity index (χ4v) is 5.99. The number of aromatic amines is 1. The zero-order valence-corrected chi connectivity index (χ0v) is 20.9. The zero-order chi connectivity index (χ0) is 24.6. The summed E-state index contributed by atoms with van der Waals surface area (Å²) in [5, 5.41) is 24.4. The fraction of sp³-hybridized carbons (Fsp3) is 0.538. The van der Waals surface area contributed by atoms with Crippen molar-refractivity contribution in [3.8, 4) is 6.07 Å². The number of nitrogens with zero attached hydrogens (tertiary/aromatic N) is 6. The lowest BCUT2D eigenvalue weighted by atomic mass is 9.97. The van der Waals surface area contributed by atoms with Crippen molar-refractivity contribution < 1.29 is 4.74 Å². The Kier molecular flexibility index (Phi) is 6.11. The van der Waals surface area contributed by atoms with Crippen LogP contribution in [0.4, 0.5) is 23.3 Å². The molecule has 6 rings (SSSR count). The SMILES string of the molecule is COC1CN(c2ccc3c(Nc4cc(C)[nH]n4)nc(N[C@@H]4C[C@H]5CC[C@@H](C4)N5CCC#N)nc3c2)C1. The molecule has 3 saturated heterocycles. The van der Waals surface area contributed by atoms with Crippen LogP contribution in [0.25, 0.3) is 10.9 Å². The smallest absolute Gasteiger partial charge is 0.225 e. The van der Waals surface area contributed by atoms with Crippen molar-refractivity contribution in [2.45, 2.75) is 63.3 Å². The molecule has 36 heavy (non-hydrogen) atoms. The highest BCUT2D eigenvalue weighted by Crippen LogP contribution is 2.37. The maximum absolute atomic E-state index is 9.03. The molecule has 0 aliphatic carbocycles. The van der Waals surface area contributed by atoms with Gasteiger partial charge in [-0.1, -0.05) is 0 Å². The lowest BCUT2D eigenvalue weighted by Crippen LogP contribution is -2.51. The second kappa shape index (κ2) is 9.56. The number of H-pyrrole nitrogens is 1. The Morgan fingerprint density at radius 1 is 1.17 bits per heavy atom. The molecule has 2 bridgehead atoms. The standard InChI is InChI=1S/C26H33N9O/c1-16-10-24(33-32-16)30-25-22-7-6-18(34-14-21(15-34)36-2)13-23(22)29-26(31-25)28-17-11-19-4-5-20(12-17)35(19)9-3-8-27/h6-7,10,13,17,19-21H,3-5,9,11-12,14-15H2,1-2H3,(H3,28,29,30,31,32,33)/t17-,19-,20+. The van der Waals surface area contributed by atoms with Crippen LogP contribution in [0, 0.1) is 18.3 Å². The van der Waals surface area contributed by atoms with Crippen LogP contribution in [-0.4, -0.2) is 76.0 Å². The van der Waals surface area contributed by atoms with E-state index in [1.54, 1.807) is 7.11 Å². The summed E-state index contributed by atoms with van der Waals surface area (Å²) in [5.41, 5.74) is 3.03. The van der Waals surface area contributed by atoms with E-state index in [0.717, 1.165) is 66.4 Å². The third-order valence-corrected chi connectivity index (χ3v) is 7.88. The van der Waals surface area contributed by atoms with Crippen molar-refractivity contribution in [2.24, 2.45) is 0 Å². The van der Waals surface area contributed by atoms with Crippen molar-refractivity contribution in [3.05, 3.63) is 30.0 Å². The Bertz CT molecular complexity index is 1260. The molecule has 0 amide bonds. The molecule has 0 unspecified atom stereocenters. The quantitative estimate of drug-likeness (QED) is 0.438. The summed E-state index contributed by atoms with van der Waals surface area (Å²) in [5.74, 6) is 2.12. The van der Waals surface area contributed by atoms with Gasteiger partial charge in [0.1, 0.15) is 5.82 Å². The number of piperidine rings is 1. The molecule has 0 radical (unpaired) electrons. The molecule has 10 nitrogen and oxygen atoms in total. The third kappa shape index (κ3) is 4.45. The van der Waals surface area contributed by atoms with Gasteiger partial charge in [0.05, 0.1) is 17.7 Å². The molecule has 0 saturated carbocycles. The molecule has 5 heterocycles. The lowest BCUT2D eigenvalue weighted by Gasteiger charge is -2.40. The summed E-state index contributed by atoms with van der Waals surface area (Å²) in [6.45, 7) is 4.64. The van der Waals surface area contributed by atoms with Gasteiger partial charge >= 0.3 is 0 Å². The number of anilines is 4. The molecule has 3 fully saturated rings. The van der Waals surface area contributed by atoms with Crippen LogP contribution in [0.1, 0.15) is 37.8 Å². The molecule has 3 N–H and O–H groups in total. The van der Waals surface area contributed by atoms with Crippen LogP contribution in [0.15, 0.2) is 24.3 Å². The predicted molar refractivity (Wildman–Crippen MR) is 140 cm³/mol. The number of nitrogens with one attached hydrogen (secondary N) is 3. The van der Waals surface area contributed by atoms with Crippen molar-refractivity contribution in [3.63, 3.8) is 0 Å². The molecular formula is C26H33N9O. The Morgan fingerprint density at radius 2 is 1.97 bits per heavy atom.